The van der Waals surface area contributed by atoms with E-state index in [4.69, 9.17) is 10.5 Å². The van der Waals surface area contributed by atoms with E-state index in [0.717, 1.165) is 11.8 Å². The normalized spacial score (nSPS) is 21.3. The molecule has 0 aliphatic carbocycles. The maximum Gasteiger partial charge on any atom is 0.329 e. The molecule has 1 aromatic rings. The van der Waals surface area contributed by atoms with Crippen molar-refractivity contribution in [3.05, 3.63) is 28.2 Å². The van der Waals surface area contributed by atoms with Crippen LogP contribution in [0.4, 0.5) is 0 Å². The van der Waals surface area contributed by atoms with Crippen molar-refractivity contribution in [1.29, 1.82) is 0 Å². The smallest absolute Gasteiger partial charge is 0.329 e. The fourth-order valence-electron chi connectivity index (χ4n) is 3.36. The average molecular weight is 618 g/mol. The van der Waals surface area contributed by atoms with Gasteiger partial charge in [0, 0.05) is 11.1 Å². The largest absolute Gasteiger partial charge is 0.456 e. The molecule has 2 heterocycles. The summed E-state index contributed by atoms with van der Waals surface area (Å²) < 4.78 is 5.66. The summed E-state index contributed by atoms with van der Waals surface area (Å²) in [4.78, 5) is 67.9. The number of rotatable bonds is 7. The number of fused-ring (bicyclic) bond motifs is 2. The molecular formula is C26H40ClN5O6S2. The van der Waals surface area contributed by atoms with Crippen molar-refractivity contribution in [3.8, 4) is 0 Å². The Hall–Kier alpha value is -2.48. The Morgan fingerprint density at radius 1 is 1.25 bits per heavy atom. The van der Waals surface area contributed by atoms with Crippen LogP contribution in [-0.4, -0.2) is 63.3 Å². The quantitative estimate of drug-likeness (QED) is 0.204. The summed E-state index contributed by atoms with van der Waals surface area (Å²) >= 11 is 2.34. The lowest BCUT2D eigenvalue weighted by Gasteiger charge is -2.29. The van der Waals surface area contributed by atoms with Gasteiger partial charge >= 0.3 is 5.97 Å². The van der Waals surface area contributed by atoms with Crippen LogP contribution in [0.2, 0.25) is 0 Å². The number of carbonyl (C=O) groups is 5. The minimum Gasteiger partial charge on any atom is -0.456 e. The first kappa shape index (κ1) is 35.5. The minimum absolute atomic E-state index is 0. The second-order valence-corrected chi connectivity index (χ2v) is 12.6. The number of nitrogens with two attached hydrogens (primary N) is 1. The van der Waals surface area contributed by atoms with Gasteiger partial charge in [-0.1, -0.05) is 45.5 Å². The van der Waals surface area contributed by atoms with E-state index in [2.05, 4.69) is 20.9 Å². The number of allylic oxidation sites excluding steroid dienone is 1. The van der Waals surface area contributed by atoms with Gasteiger partial charge in [-0.05, 0) is 38.2 Å². The molecule has 5 N–H and O–H groups in total. The summed E-state index contributed by atoms with van der Waals surface area (Å²) in [5, 5.41) is 10.0. The Labute approximate surface area is 249 Å². The molecule has 224 valence electrons. The molecule has 3 atom stereocenters. The molecule has 0 saturated carbocycles. The lowest BCUT2D eigenvalue weighted by molar-refractivity contribution is -0.153. The Balaban J connectivity index is 0.00000800. The topological polar surface area (TPSA) is 170 Å². The van der Waals surface area contributed by atoms with Gasteiger partial charge in [0.15, 0.2) is 0 Å². The molecule has 2 rings (SSSR count). The number of carbonyl (C=O) groups excluding carboxylic acids is 5. The number of nitrogens with zero attached hydrogens (tertiary/aromatic N) is 1. The minimum atomic E-state index is -1.34. The highest BCUT2D eigenvalue weighted by Crippen LogP contribution is 2.16. The summed E-state index contributed by atoms with van der Waals surface area (Å²) in [6.45, 7) is 10.4. The maximum atomic E-state index is 13.1. The summed E-state index contributed by atoms with van der Waals surface area (Å²) in [5.41, 5.74) is 4.67. The van der Waals surface area contributed by atoms with E-state index in [9.17, 15) is 24.0 Å². The van der Waals surface area contributed by atoms with Gasteiger partial charge in [-0.3, -0.25) is 19.2 Å². The van der Waals surface area contributed by atoms with E-state index in [-0.39, 0.29) is 53.9 Å². The second kappa shape index (κ2) is 16.1. The van der Waals surface area contributed by atoms with Crippen molar-refractivity contribution in [3.63, 3.8) is 0 Å². The van der Waals surface area contributed by atoms with Crippen molar-refractivity contribution >= 4 is 64.3 Å². The molecule has 3 amide bonds. The molecule has 1 aliphatic heterocycles. The highest BCUT2D eigenvalue weighted by Gasteiger charge is 2.36. The first-order valence-corrected chi connectivity index (χ1v) is 14.7. The third-order valence-corrected chi connectivity index (χ3v) is 7.79. The Morgan fingerprint density at radius 3 is 2.55 bits per heavy atom. The molecule has 0 saturated heterocycles. The highest BCUT2D eigenvalue weighted by atomic mass is 35.5. The number of amides is 3. The number of hydrogen-bond acceptors (Lipinski definition) is 10. The monoisotopic (exact) mass is 617 g/mol. The zero-order chi connectivity index (χ0) is 29.3. The van der Waals surface area contributed by atoms with Crippen molar-refractivity contribution < 1.29 is 28.7 Å². The predicted molar refractivity (Wildman–Crippen MR) is 158 cm³/mol. The fourth-order valence-corrected chi connectivity index (χ4v) is 5.00. The SMILES string of the molecule is CC(C)[C@H](N)C(=O)SCC/C=C/C1CC(=O)NCc2nc(cs2)C(=O)NC(C)(C)C(=O)N[C@@H](C(C)C)C(=O)O1.Cl. The summed E-state index contributed by atoms with van der Waals surface area (Å²) in [6.07, 6.45) is 2.80. The molecule has 11 nitrogen and oxygen atoms in total. The van der Waals surface area contributed by atoms with Crippen LogP contribution in [-0.2, 0) is 30.5 Å². The van der Waals surface area contributed by atoms with Crippen molar-refractivity contribution in [2.75, 3.05) is 5.75 Å². The van der Waals surface area contributed by atoms with Crippen LogP contribution in [0, 0.1) is 11.8 Å². The summed E-state index contributed by atoms with van der Waals surface area (Å²) in [5.74, 6) is -2.01. The highest BCUT2D eigenvalue weighted by molar-refractivity contribution is 8.13. The van der Waals surface area contributed by atoms with E-state index in [1.165, 1.54) is 25.2 Å². The molecule has 0 spiro atoms. The number of halogens is 1. The molecule has 0 fully saturated rings. The van der Waals surface area contributed by atoms with Gasteiger partial charge in [-0.2, -0.15) is 0 Å². The van der Waals surface area contributed by atoms with Crippen LogP contribution < -0.4 is 21.7 Å². The van der Waals surface area contributed by atoms with Gasteiger partial charge < -0.3 is 26.4 Å². The lowest BCUT2D eigenvalue weighted by Crippen LogP contribution is -2.59. The van der Waals surface area contributed by atoms with E-state index in [1.807, 2.05) is 13.8 Å². The third-order valence-electron chi connectivity index (χ3n) is 5.95. The molecule has 1 aromatic heterocycles. The predicted octanol–water partition coefficient (Wildman–Crippen LogP) is 2.34. The number of nitrogens with one attached hydrogen (secondary N) is 3. The van der Waals surface area contributed by atoms with Crippen LogP contribution in [0.15, 0.2) is 17.5 Å². The van der Waals surface area contributed by atoms with E-state index < -0.39 is 41.5 Å². The Morgan fingerprint density at radius 2 is 1.93 bits per heavy atom. The first-order chi connectivity index (χ1) is 18.2. The number of cyclic esters (lactones) is 1. The van der Waals surface area contributed by atoms with Gasteiger partial charge in [0.25, 0.3) is 5.91 Å². The third kappa shape index (κ3) is 10.8. The van der Waals surface area contributed by atoms with Crippen LogP contribution in [0.5, 0.6) is 0 Å². The summed E-state index contributed by atoms with van der Waals surface area (Å²) in [7, 11) is 0. The standard InChI is InChI=1S/C26H39N5O6S2.ClH/c1-14(2)20(27)24(35)38-10-8-7-9-16-11-18(32)28-12-19-29-17(13-39-19)22(33)31-26(5,6)25(36)30-21(15(3)4)23(34)37-16;/h7,9,13-16,20-21H,8,10-12,27H2,1-6H3,(H,28,32)(H,30,36)(H,31,33);1H/b9-7+;/t16?,20-,21-;/m0./s1. The molecule has 40 heavy (non-hydrogen) atoms. The van der Waals surface area contributed by atoms with E-state index in [1.54, 1.807) is 31.4 Å². The van der Waals surface area contributed by atoms with Crippen molar-refractivity contribution in [2.45, 2.75) is 84.7 Å². The molecule has 2 bridgehead atoms. The molecule has 14 heteroatoms. The van der Waals surface area contributed by atoms with Crippen LogP contribution in [0.3, 0.4) is 0 Å². The van der Waals surface area contributed by atoms with Gasteiger partial charge in [0.05, 0.1) is 19.0 Å². The Bertz CT molecular complexity index is 1090. The first-order valence-electron chi connectivity index (χ1n) is 12.8. The number of aromatic nitrogens is 1. The van der Waals surface area contributed by atoms with Crippen LogP contribution in [0.25, 0.3) is 0 Å². The van der Waals surface area contributed by atoms with Gasteiger partial charge in [0.1, 0.15) is 28.4 Å². The van der Waals surface area contributed by atoms with Gasteiger partial charge in [-0.15, -0.1) is 23.7 Å². The number of thiazole rings is 1. The molecule has 1 unspecified atom stereocenters. The fraction of sp³-hybridized carbons (Fsp3) is 0.615. The van der Waals surface area contributed by atoms with E-state index >= 15 is 0 Å². The zero-order valence-electron chi connectivity index (χ0n) is 23.6. The Kier molecular flexibility index (Phi) is 14.3. The second-order valence-electron chi connectivity index (χ2n) is 10.5. The van der Waals surface area contributed by atoms with Gasteiger partial charge in [0.2, 0.25) is 16.9 Å². The van der Waals surface area contributed by atoms with E-state index in [0.29, 0.717) is 17.2 Å². The number of esters is 1. The summed E-state index contributed by atoms with van der Waals surface area (Å²) in [6, 6.07) is -1.55. The van der Waals surface area contributed by atoms with Crippen molar-refractivity contribution in [1.82, 2.24) is 20.9 Å². The maximum absolute atomic E-state index is 13.1. The molecule has 1 aliphatic rings. The number of ether oxygens (including phenoxy) is 1. The van der Waals surface area contributed by atoms with Crippen LogP contribution >= 0.6 is 35.5 Å². The number of hydrogen-bond donors (Lipinski definition) is 4. The molecule has 0 aromatic carbocycles. The van der Waals surface area contributed by atoms with Gasteiger partial charge in [-0.25, -0.2) is 9.78 Å². The lowest BCUT2D eigenvalue weighted by atomic mass is 9.99. The average Bonchev–Trinajstić information content (AvgIpc) is 3.33. The number of thioether (sulfide) groups is 1. The van der Waals surface area contributed by atoms with Crippen LogP contribution in [0.1, 0.15) is 69.9 Å². The zero-order valence-corrected chi connectivity index (χ0v) is 26.1. The molecular weight excluding hydrogens is 578 g/mol. The van der Waals surface area contributed by atoms with Crippen molar-refractivity contribution in [2.24, 2.45) is 17.6 Å². The molecule has 0 radical (unpaired) electrons.